The molecule has 2 aromatic rings. The Morgan fingerprint density at radius 3 is 2.82 bits per heavy atom. The van der Waals surface area contributed by atoms with Crippen LogP contribution in [0.15, 0.2) is 27.4 Å². The molecule has 2 aromatic heterocycles. The second-order valence-electron chi connectivity index (χ2n) is 2.15. The molecular formula is C7H6N2O2. The highest BCUT2D eigenvalue weighted by atomic mass is 16.4. The molecule has 4 heteroatoms. The van der Waals surface area contributed by atoms with Crippen molar-refractivity contribution >= 4 is 0 Å². The van der Waals surface area contributed by atoms with Crippen LogP contribution >= 0.6 is 0 Å². The Kier molecular flexibility index (Phi) is 1.25. The zero-order chi connectivity index (χ0) is 7.68. The van der Waals surface area contributed by atoms with Crippen LogP contribution in [-0.4, -0.2) is 10.2 Å². The Labute approximate surface area is 62.8 Å². The van der Waals surface area contributed by atoms with Crippen molar-refractivity contribution in [3.05, 3.63) is 24.3 Å². The van der Waals surface area contributed by atoms with E-state index in [1.54, 1.807) is 6.07 Å². The van der Waals surface area contributed by atoms with Gasteiger partial charge in [-0.1, -0.05) is 0 Å². The standard InChI is InChI=1S/C7H6N2O2/c1-5-2-3-6(11-5)7-9-8-4-10-7/h2-4H,1H3. The van der Waals surface area contributed by atoms with E-state index >= 15 is 0 Å². The maximum atomic E-state index is 5.23. The largest absolute Gasteiger partial charge is 0.456 e. The maximum absolute atomic E-state index is 5.23. The summed E-state index contributed by atoms with van der Waals surface area (Å²) < 4.78 is 10.1. The van der Waals surface area contributed by atoms with Gasteiger partial charge in [-0.2, -0.15) is 0 Å². The van der Waals surface area contributed by atoms with E-state index in [1.165, 1.54) is 6.39 Å². The van der Waals surface area contributed by atoms with Gasteiger partial charge in [-0.05, 0) is 19.1 Å². The van der Waals surface area contributed by atoms with Crippen LogP contribution in [0.3, 0.4) is 0 Å². The molecule has 0 atom stereocenters. The number of hydrogen-bond donors (Lipinski definition) is 0. The van der Waals surface area contributed by atoms with Gasteiger partial charge in [0.1, 0.15) is 5.76 Å². The summed E-state index contributed by atoms with van der Waals surface area (Å²) in [7, 11) is 0. The first kappa shape index (κ1) is 6.15. The molecule has 4 nitrogen and oxygen atoms in total. The van der Waals surface area contributed by atoms with Crippen molar-refractivity contribution in [1.29, 1.82) is 0 Å². The monoisotopic (exact) mass is 150 g/mol. The van der Waals surface area contributed by atoms with Crippen molar-refractivity contribution in [2.45, 2.75) is 6.92 Å². The number of nitrogens with zero attached hydrogens (tertiary/aromatic N) is 2. The van der Waals surface area contributed by atoms with E-state index in [9.17, 15) is 0 Å². The SMILES string of the molecule is Cc1ccc(-c2nnco2)o1. The first-order chi connectivity index (χ1) is 5.36. The van der Waals surface area contributed by atoms with Gasteiger partial charge in [-0.25, -0.2) is 0 Å². The molecule has 11 heavy (non-hydrogen) atoms. The summed E-state index contributed by atoms with van der Waals surface area (Å²) in [6.07, 6.45) is 1.27. The zero-order valence-corrected chi connectivity index (χ0v) is 5.94. The average molecular weight is 150 g/mol. The highest BCUT2D eigenvalue weighted by Gasteiger charge is 2.06. The fraction of sp³-hybridized carbons (Fsp3) is 0.143. The Bertz CT molecular complexity index is 337. The van der Waals surface area contributed by atoms with Crippen molar-refractivity contribution in [1.82, 2.24) is 10.2 Å². The topological polar surface area (TPSA) is 52.1 Å². The number of furan rings is 1. The summed E-state index contributed by atoms with van der Waals surface area (Å²) in [5.41, 5.74) is 0. The van der Waals surface area contributed by atoms with Crippen LogP contribution in [0.2, 0.25) is 0 Å². The van der Waals surface area contributed by atoms with Crippen LogP contribution < -0.4 is 0 Å². The normalized spacial score (nSPS) is 10.3. The third kappa shape index (κ3) is 1.02. The molecule has 2 rings (SSSR count). The molecule has 0 saturated carbocycles. The lowest BCUT2D eigenvalue weighted by molar-refractivity contribution is 0.500. The minimum absolute atomic E-state index is 0.415. The van der Waals surface area contributed by atoms with E-state index in [-0.39, 0.29) is 0 Å². The fourth-order valence-corrected chi connectivity index (χ4v) is 0.830. The van der Waals surface area contributed by atoms with Crippen molar-refractivity contribution in [3.8, 4) is 11.7 Å². The van der Waals surface area contributed by atoms with Crippen LogP contribution in [0.4, 0.5) is 0 Å². The summed E-state index contributed by atoms with van der Waals surface area (Å²) in [6.45, 7) is 1.86. The van der Waals surface area contributed by atoms with Crippen molar-refractivity contribution < 1.29 is 8.83 Å². The molecule has 0 fully saturated rings. The molecule has 0 bridgehead atoms. The lowest BCUT2D eigenvalue weighted by Gasteiger charge is -1.83. The van der Waals surface area contributed by atoms with Gasteiger partial charge in [0.15, 0.2) is 5.76 Å². The molecule has 0 aromatic carbocycles. The minimum atomic E-state index is 0.415. The maximum Gasteiger partial charge on any atom is 0.283 e. The van der Waals surface area contributed by atoms with Gasteiger partial charge in [-0.3, -0.25) is 0 Å². The predicted molar refractivity (Wildman–Crippen MR) is 36.7 cm³/mol. The van der Waals surface area contributed by atoms with Gasteiger partial charge in [0.25, 0.3) is 5.89 Å². The van der Waals surface area contributed by atoms with Gasteiger partial charge < -0.3 is 8.83 Å². The Balaban J connectivity index is 2.45. The van der Waals surface area contributed by atoms with Crippen molar-refractivity contribution in [2.75, 3.05) is 0 Å². The molecule has 56 valence electrons. The predicted octanol–water partition coefficient (Wildman–Crippen LogP) is 1.64. The smallest absolute Gasteiger partial charge is 0.283 e. The lowest BCUT2D eigenvalue weighted by atomic mass is 10.4. The van der Waals surface area contributed by atoms with E-state index in [1.807, 2.05) is 13.0 Å². The van der Waals surface area contributed by atoms with E-state index in [0.717, 1.165) is 5.76 Å². The van der Waals surface area contributed by atoms with Gasteiger partial charge in [0.05, 0.1) is 0 Å². The van der Waals surface area contributed by atoms with Crippen LogP contribution in [0.1, 0.15) is 5.76 Å². The van der Waals surface area contributed by atoms with Gasteiger partial charge in [-0.15, -0.1) is 10.2 Å². The molecule has 2 heterocycles. The number of rotatable bonds is 1. The first-order valence-corrected chi connectivity index (χ1v) is 3.19. The summed E-state index contributed by atoms with van der Waals surface area (Å²) in [5.74, 6) is 1.86. The molecule has 0 radical (unpaired) electrons. The van der Waals surface area contributed by atoms with Crippen molar-refractivity contribution in [3.63, 3.8) is 0 Å². The average Bonchev–Trinajstić information content (AvgIpc) is 2.55. The second-order valence-corrected chi connectivity index (χ2v) is 2.15. The fourth-order valence-electron chi connectivity index (χ4n) is 0.830. The number of hydrogen-bond acceptors (Lipinski definition) is 4. The third-order valence-electron chi connectivity index (χ3n) is 1.31. The van der Waals surface area contributed by atoms with Gasteiger partial charge in [0.2, 0.25) is 6.39 Å². The van der Waals surface area contributed by atoms with Crippen LogP contribution in [-0.2, 0) is 0 Å². The Morgan fingerprint density at radius 1 is 1.36 bits per heavy atom. The van der Waals surface area contributed by atoms with E-state index in [4.69, 9.17) is 8.83 Å². The summed E-state index contributed by atoms with van der Waals surface area (Å²) >= 11 is 0. The van der Waals surface area contributed by atoms with Crippen LogP contribution in [0.5, 0.6) is 0 Å². The van der Waals surface area contributed by atoms with Gasteiger partial charge >= 0.3 is 0 Å². The number of aromatic nitrogens is 2. The zero-order valence-electron chi connectivity index (χ0n) is 5.94. The summed E-state index contributed by atoms with van der Waals surface area (Å²) in [4.78, 5) is 0. The molecule has 0 amide bonds. The summed E-state index contributed by atoms with van der Waals surface area (Å²) in [6, 6.07) is 3.64. The van der Waals surface area contributed by atoms with Crippen LogP contribution in [0.25, 0.3) is 11.7 Å². The number of aryl methyl sites for hydroxylation is 1. The molecule has 0 aliphatic carbocycles. The molecule has 0 N–H and O–H groups in total. The third-order valence-corrected chi connectivity index (χ3v) is 1.31. The van der Waals surface area contributed by atoms with E-state index in [0.29, 0.717) is 11.7 Å². The lowest BCUT2D eigenvalue weighted by Crippen LogP contribution is -1.71. The van der Waals surface area contributed by atoms with E-state index in [2.05, 4.69) is 10.2 Å². The minimum Gasteiger partial charge on any atom is -0.456 e. The van der Waals surface area contributed by atoms with Crippen LogP contribution in [0, 0.1) is 6.92 Å². The van der Waals surface area contributed by atoms with Gasteiger partial charge in [0, 0.05) is 0 Å². The molecule has 0 unspecified atom stereocenters. The molecular weight excluding hydrogens is 144 g/mol. The van der Waals surface area contributed by atoms with Crippen molar-refractivity contribution in [2.24, 2.45) is 0 Å². The Morgan fingerprint density at radius 2 is 2.27 bits per heavy atom. The molecule has 0 aliphatic rings. The molecule has 0 spiro atoms. The molecule has 0 saturated heterocycles. The molecule has 0 aliphatic heterocycles. The second kappa shape index (κ2) is 2.23. The summed E-state index contributed by atoms with van der Waals surface area (Å²) in [5, 5.41) is 7.22. The highest BCUT2D eigenvalue weighted by Crippen LogP contribution is 2.18. The van der Waals surface area contributed by atoms with E-state index < -0.39 is 0 Å². The quantitative estimate of drug-likeness (QED) is 0.620. The Hall–Kier alpha value is -1.58. The highest BCUT2D eigenvalue weighted by molar-refractivity contribution is 5.43. The first-order valence-electron chi connectivity index (χ1n) is 3.19.